The number of allylic oxidation sites excluding steroid dienone is 4. The normalized spacial score (nSPS) is 31.5. The van der Waals surface area contributed by atoms with Crippen molar-refractivity contribution in [3.8, 4) is 12.1 Å². The van der Waals surface area contributed by atoms with Crippen LogP contribution in [-0.4, -0.2) is 94.4 Å². The minimum absolute atomic E-state index is 0.0118. The highest BCUT2D eigenvalue weighted by Gasteiger charge is 2.64. The number of nitriles is 1. The average Bonchev–Trinajstić information content (AvgIpc) is 3.28. The molecule has 5 fully saturated rings. The van der Waals surface area contributed by atoms with Crippen LogP contribution in [0, 0.1) is 34.4 Å². The number of thioether (sulfide) groups is 1. The van der Waals surface area contributed by atoms with Gasteiger partial charge in [0.1, 0.15) is 35.9 Å². The van der Waals surface area contributed by atoms with E-state index < -0.39 is 58.7 Å². The molecule has 2 N–H and O–H groups in total. The molecule has 7 aliphatic rings. The van der Waals surface area contributed by atoms with Crippen molar-refractivity contribution in [1.82, 2.24) is 19.8 Å². The number of amides is 1. The average molecular weight is 774 g/mol. The Morgan fingerprint density at radius 1 is 1.11 bits per heavy atom. The lowest BCUT2D eigenvalue weighted by atomic mass is 9.75. The van der Waals surface area contributed by atoms with E-state index >= 15 is 8.78 Å². The molecule has 4 saturated heterocycles. The van der Waals surface area contributed by atoms with Crippen molar-refractivity contribution < 1.29 is 31.5 Å². The highest BCUT2D eigenvalue weighted by atomic mass is 35.5. The molecule has 1 spiro atoms. The van der Waals surface area contributed by atoms with E-state index in [1.54, 1.807) is 6.07 Å². The lowest BCUT2D eigenvalue weighted by Crippen LogP contribution is -2.62. The van der Waals surface area contributed by atoms with Gasteiger partial charge in [0.25, 0.3) is 5.92 Å². The quantitative estimate of drug-likeness (QED) is 0.328. The molecule has 5 atom stereocenters. The fourth-order valence-electron chi connectivity index (χ4n) is 9.64. The highest BCUT2D eigenvalue weighted by Crippen LogP contribution is 2.54. The first-order valence-corrected chi connectivity index (χ1v) is 19.4. The molecule has 5 aliphatic heterocycles. The fourth-order valence-corrected chi connectivity index (χ4v) is 11.1. The van der Waals surface area contributed by atoms with Crippen LogP contribution in [0.15, 0.2) is 34.6 Å². The van der Waals surface area contributed by atoms with Gasteiger partial charge in [0.2, 0.25) is 5.91 Å². The van der Waals surface area contributed by atoms with Crippen LogP contribution >= 0.6 is 23.4 Å². The Labute approximate surface area is 312 Å². The van der Waals surface area contributed by atoms with Crippen LogP contribution in [0.25, 0.3) is 16.5 Å². The maximum Gasteiger partial charge on any atom is 0.319 e. The van der Waals surface area contributed by atoms with E-state index in [1.165, 1.54) is 17.1 Å². The first kappa shape index (κ1) is 35.1. The topological polar surface area (TPSA) is 112 Å². The number of nitrogens with two attached hydrogens (primary N) is 1. The molecule has 53 heavy (non-hydrogen) atoms. The number of carbonyl (C=O) groups excluding carboxylic acids is 1. The van der Waals surface area contributed by atoms with E-state index in [9.17, 15) is 23.2 Å². The smallest absolute Gasteiger partial charge is 0.319 e. The largest absolute Gasteiger partial charge is 0.461 e. The third-order valence-electron chi connectivity index (χ3n) is 12.3. The van der Waals surface area contributed by atoms with Crippen molar-refractivity contribution in [2.45, 2.75) is 67.8 Å². The molecule has 6 heterocycles. The van der Waals surface area contributed by atoms with Crippen LogP contribution in [0.5, 0.6) is 6.01 Å². The number of hydrogen-bond donors (Lipinski definition) is 1. The van der Waals surface area contributed by atoms with E-state index in [0.29, 0.717) is 55.9 Å². The van der Waals surface area contributed by atoms with E-state index in [-0.39, 0.29) is 44.7 Å². The van der Waals surface area contributed by atoms with E-state index in [2.05, 4.69) is 16.0 Å². The van der Waals surface area contributed by atoms with Crippen molar-refractivity contribution >= 4 is 51.6 Å². The summed E-state index contributed by atoms with van der Waals surface area (Å²) in [6.45, 7) is 2.82. The third kappa shape index (κ3) is 5.68. The van der Waals surface area contributed by atoms with Crippen molar-refractivity contribution in [1.29, 1.82) is 5.26 Å². The van der Waals surface area contributed by atoms with Crippen LogP contribution in [0.3, 0.4) is 0 Å². The number of fused-ring (bicyclic) bond motifs is 3. The molecule has 1 aromatic heterocycles. The second-order valence-electron chi connectivity index (χ2n) is 15.8. The molecular formula is C37H37ClF5N7O2S. The number of aromatic nitrogens is 2. The first-order valence-electron chi connectivity index (χ1n) is 18.1. The Kier molecular flexibility index (Phi) is 8.26. The summed E-state index contributed by atoms with van der Waals surface area (Å²) in [6.07, 6.45) is 5.59. The third-order valence-corrected chi connectivity index (χ3v) is 13.9. The van der Waals surface area contributed by atoms with Crippen LogP contribution < -0.4 is 15.4 Å². The van der Waals surface area contributed by atoms with E-state index in [0.717, 1.165) is 50.4 Å². The maximum absolute atomic E-state index is 17.2. The number of alkyl halides is 3. The van der Waals surface area contributed by atoms with Gasteiger partial charge in [-0.1, -0.05) is 35.9 Å². The molecule has 16 heteroatoms. The maximum atomic E-state index is 17.2. The van der Waals surface area contributed by atoms with Gasteiger partial charge in [-0.3, -0.25) is 9.69 Å². The number of anilines is 1. The standard InChI is InChI=1S/C37H37ClF5N7O2S/c38-24-10-21-29(28(41)27(24)20-4-5-25(40)30-26(20)22(13-44)31(45)53-30)46-34(52-18-36-7-3-9-50(36)14-19(39)11-36)47-32(21)48-8-2-1-6-35(15-48)16-49(17-35)33(51)23-12-37(23,42)43/h4-5,10,19,23,26,30H,1-3,6-9,11-12,14-18,45H2/t19-,23-,26?,30?,36+/m1/s1. The summed E-state index contributed by atoms with van der Waals surface area (Å²) in [5.41, 5.74) is 5.53. The summed E-state index contributed by atoms with van der Waals surface area (Å²) in [5, 5.41) is 9.59. The fraction of sp³-hybridized carbons (Fsp3) is 0.568. The van der Waals surface area contributed by atoms with Crippen molar-refractivity contribution in [2.75, 3.05) is 50.8 Å². The summed E-state index contributed by atoms with van der Waals surface area (Å²) >= 11 is 7.93. The minimum Gasteiger partial charge on any atom is -0.461 e. The Bertz CT molecular complexity index is 2070. The molecule has 280 valence electrons. The Hall–Kier alpha value is -3.61. The number of carbonyl (C=O) groups is 1. The SMILES string of the molecule is N#CC1=C(N)SC2C(F)=CC=C(c3c(Cl)cc4c(N5CCCCC6(CN(C(=O)[C@H]7CC7(F)F)C6)C5)nc(OC[C@@]56CCCN5C[C@H](F)C6)nc4c3F)C12. The van der Waals surface area contributed by atoms with Crippen LogP contribution in [0.2, 0.25) is 5.02 Å². The van der Waals surface area contributed by atoms with Gasteiger partial charge in [-0.15, -0.1) is 0 Å². The zero-order valence-electron chi connectivity index (χ0n) is 28.7. The Balaban J connectivity index is 1.11. The van der Waals surface area contributed by atoms with E-state index in [1.807, 2.05) is 4.90 Å². The number of hydrogen-bond acceptors (Lipinski definition) is 9. The van der Waals surface area contributed by atoms with Gasteiger partial charge in [0, 0.05) is 67.8 Å². The molecule has 1 amide bonds. The molecule has 9 nitrogen and oxygen atoms in total. The molecule has 2 aromatic rings. The number of nitrogens with zero attached hydrogens (tertiary/aromatic N) is 6. The summed E-state index contributed by atoms with van der Waals surface area (Å²) < 4.78 is 80.7. The van der Waals surface area contributed by atoms with Crippen molar-refractivity contribution in [2.24, 2.45) is 23.0 Å². The van der Waals surface area contributed by atoms with Gasteiger partial charge in [0.15, 0.2) is 5.82 Å². The number of benzene rings is 1. The van der Waals surface area contributed by atoms with Gasteiger partial charge >= 0.3 is 6.01 Å². The first-order chi connectivity index (χ1) is 25.3. The minimum atomic E-state index is -2.94. The number of rotatable bonds is 6. The van der Waals surface area contributed by atoms with Crippen LogP contribution in [-0.2, 0) is 4.79 Å². The Morgan fingerprint density at radius 3 is 2.66 bits per heavy atom. The lowest BCUT2D eigenvalue weighted by molar-refractivity contribution is -0.147. The summed E-state index contributed by atoms with van der Waals surface area (Å²) in [5.74, 6) is -6.51. The van der Waals surface area contributed by atoms with Crippen molar-refractivity contribution in [3.05, 3.63) is 51.1 Å². The molecule has 9 rings (SSSR count). The number of halogens is 6. The Morgan fingerprint density at radius 2 is 1.91 bits per heavy atom. The number of likely N-dealkylation sites (tertiary alicyclic amines) is 1. The summed E-state index contributed by atoms with van der Waals surface area (Å²) in [7, 11) is 0. The predicted molar refractivity (Wildman–Crippen MR) is 190 cm³/mol. The van der Waals surface area contributed by atoms with Crippen LogP contribution in [0.1, 0.15) is 50.5 Å². The number of ether oxygens (including phenoxy) is 1. The second kappa shape index (κ2) is 12.5. The predicted octanol–water partition coefficient (Wildman–Crippen LogP) is 6.53. The second-order valence-corrected chi connectivity index (χ2v) is 17.4. The molecular weight excluding hydrogens is 737 g/mol. The lowest BCUT2D eigenvalue weighted by Gasteiger charge is -2.51. The molecule has 0 bridgehead atoms. The van der Waals surface area contributed by atoms with Gasteiger partial charge < -0.3 is 20.3 Å². The van der Waals surface area contributed by atoms with E-state index in [4.69, 9.17) is 27.1 Å². The molecule has 1 aromatic carbocycles. The zero-order valence-corrected chi connectivity index (χ0v) is 30.3. The highest BCUT2D eigenvalue weighted by molar-refractivity contribution is 8.04. The van der Waals surface area contributed by atoms with Gasteiger partial charge in [0.05, 0.1) is 32.5 Å². The zero-order chi connectivity index (χ0) is 37.0. The summed E-state index contributed by atoms with van der Waals surface area (Å²) in [4.78, 5) is 27.9. The van der Waals surface area contributed by atoms with Crippen molar-refractivity contribution in [3.63, 3.8) is 0 Å². The summed E-state index contributed by atoms with van der Waals surface area (Å²) in [6, 6.07) is 3.55. The van der Waals surface area contributed by atoms with Gasteiger partial charge in [-0.25, -0.2) is 22.0 Å². The molecule has 2 aliphatic carbocycles. The molecule has 2 unspecified atom stereocenters. The molecule has 0 radical (unpaired) electrons. The monoisotopic (exact) mass is 773 g/mol. The van der Waals surface area contributed by atoms with Gasteiger partial charge in [-0.2, -0.15) is 15.2 Å². The molecule has 1 saturated carbocycles. The van der Waals surface area contributed by atoms with Crippen LogP contribution in [0.4, 0.5) is 27.8 Å². The van der Waals surface area contributed by atoms with Gasteiger partial charge in [-0.05, 0) is 49.9 Å².